The molecule has 0 N–H and O–H groups in total. The number of hydrogen-bond acceptors (Lipinski definition) is 5. The SMILES string of the molecule is CCCCCCCCCCCCOC[C@@]12CC[C@@H](O1)C1C(=O)OC(=O)C12. The van der Waals surface area contributed by atoms with Crippen LogP contribution < -0.4 is 0 Å². The lowest BCUT2D eigenvalue weighted by Crippen LogP contribution is -2.44. The minimum Gasteiger partial charge on any atom is -0.393 e. The molecule has 26 heavy (non-hydrogen) atoms. The predicted octanol–water partition coefficient (Wildman–Crippen LogP) is 4.17. The lowest BCUT2D eigenvalue weighted by molar-refractivity contribution is -0.161. The van der Waals surface area contributed by atoms with Crippen LogP contribution in [-0.4, -0.2) is 36.9 Å². The van der Waals surface area contributed by atoms with E-state index >= 15 is 0 Å². The Labute approximate surface area is 157 Å². The molecule has 3 heterocycles. The van der Waals surface area contributed by atoms with Gasteiger partial charge >= 0.3 is 11.9 Å². The lowest BCUT2D eigenvalue weighted by Gasteiger charge is -2.29. The third-order valence-electron chi connectivity index (χ3n) is 6.28. The molecule has 0 aromatic carbocycles. The van der Waals surface area contributed by atoms with Gasteiger partial charge in [0.1, 0.15) is 11.5 Å². The minimum absolute atomic E-state index is 0.153. The van der Waals surface area contributed by atoms with Gasteiger partial charge in [0.05, 0.1) is 18.6 Å². The zero-order chi connectivity index (χ0) is 18.4. The summed E-state index contributed by atoms with van der Waals surface area (Å²) in [6, 6.07) is 0. The molecule has 5 nitrogen and oxygen atoms in total. The number of hydrogen-bond donors (Lipinski definition) is 0. The van der Waals surface area contributed by atoms with Crippen LogP contribution >= 0.6 is 0 Å². The number of carbonyl (C=O) groups is 2. The Balaban J connectivity index is 1.25. The van der Waals surface area contributed by atoms with Gasteiger partial charge < -0.3 is 14.2 Å². The van der Waals surface area contributed by atoms with Crippen LogP contribution in [0.4, 0.5) is 0 Å². The van der Waals surface area contributed by atoms with Gasteiger partial charge in [-0.1, -0.05) is 64.7 Å². The summed E-state index contributed by atoms with van der Waals surface area (Å²) in [5, 5.41) is 0. The molecule has 3 aliphatic heterocycles. The van der Waals surface area contributed by atoms with Crippen molar-refractivity contribution in [2.24, 2.45) is 11.8 Å². The Morgan fingerprint density at radius 1 is 0.962 bits per heavy atom. The number of rotatable bonds is 13. The van der Waals surface area contributed by atoms with E-state index in [1.54, 1.807) is 0 Å². The molecule has 0 radical (unpaired) electrons. The molecule has 3 aliphatic rings. The predicted molar refractivity (Wildman–Crippen MR) is 97.6 cm³/mol. The molecule has 2 bridgehead atoms. The smallest absolute Gasteiger partial charge is 0.320 e. The first-order valence-corrected chi connectivity index (χ1v) is 10.7. The molecule has 0 aromatic rings. The highest BCUT2D eigenvalue weighted by molar-refractivity contribution is 5.98. The van der Waals surface area contributed by atoms with E-state index in [0.29, 0.717) is 13.2 Å². The van der Waals surface area contributed by atoms with Gasteiger partial charge in [0.2, 0.25) is 0 Å². The average Bonchev–Trinajstić information content (AvgIpc) is 3.27. The third-order valence-corrected chi connectivity index (χ3v) is 6.28. The normalized spacial score (nSPS) is 32.3. The van der Waals surface area contributed by atoms with Crippen LogP contribution in [0.5, 0.6) is 0 Å². The van der Waals surface area contributed by atoms with Crippen LogP contribution in [0, 0.1) is 11.8 Å². The van der Waals surface area contributed by atoms with Gasteiger partial charge in [-0.25, -0.2) is 0 Å². The third kappa shape index (κ3) is 4.30. The number of esters is 2. The van der Waals surface area contributed by atoms with Crippen molar-refractivity contribution in [1.82, 2.24) is 0 Å². The van der Waals surface area contributed by atoms with Crippen molar-refractivity contribution in [2.75, 3.05) is 13.2 Å². The fraction of sp³-hybridized carbons (Fsp3) is 0.905. The Morgan fingerprint density at radius 3 is 2.31 bits per heavy atom. The van der Waals surface area contributed by atoms with Gasteiger partial charge in [-0.05, 0) is 19.3 Å². The van der Waals surface area contributed by atoms with Crippen LogP contribution in [0.3, 0.4) is 0 Å². The van der Waals surface area contributed by atoms with E-state index in [2.05, 4.69) is 6.92 Å². The van der Waals surface area contributed by atoms with Crippen molar-refractivity contribution >= 4 is 11.9 Å². The molecule has 0 saturated carbocycles. The second-order valence-electron chi connectivity index (χ2n) is 8.24. The summed E-state index contributed by atoms with van der Waals surface area (Å²) in [5.41, 5.74) is -0.614. The van der Waals surface area contributed by atoms with Crippen LogP contribution in [-0.2, 0) is 23.8 Å². The minimum atomic E-state index is -0.614. The van der Waals surface area contributed by atoms with Crippen LogP contribution in [0.1, 0.15) is 84.0 Å². The van der Waals surface area contributed by atoms with Crippen molar-refractivity contribution in [3.8, 4) is 0 Å². The molecule has 5 heteroatoms. The van der Waals surface area contributed by atoms with Crippen molar-refractivity contribution in [3.05, 3.63) is 0 Å². The molecule has 2 unspecified atom stereocenters. The van der Waals surface area contributed by atoms with Gasteiger partial charge in [0, 0.05) is 6.61 Å². The van der Waals surface area contributed by atoms with Crippen molar-refractivity contribution in [2.45, 2.75) is 95.7 Å². The molecule has 0 spiro atoms. The Bertz CT molecular complexity index is 491. The number of carbonyl (C=O) groups excluding carboxylic acids is 2. The van der Waals surface area contributed by atoms with Gasteiger partial charge in [-0.15, -0.1) is 0 Å². The quantitative estimate of drug-likeness (QED) is 0.278. The first kappa shape index (κ1) is 19.8. The molecule has 0 aromatic heterocycles. The van der Waals surface area contributed by atoms with Crippen LogP contribution in [0.15, 0.2) is 0 Å². The summed E-state index contributed by atoms with van der Waals surface area (Å²) in [6.07, 6.45) is 14.5. The summed E-state index contributed by atoms with van der Waals surface area (Å²) in [7, 11) is 0. The fourth-order valence-corrected chi connectivity index (χ4v) is 4.84. The summed E-state index contributed by atoms with van der Waals surface area (Å²) >= 11 is 0. The van der Waals surface area contributed by atoms with Crippen molar-refractivity contribution in [3.63, 3.8) is 0 Å². The number of unbranched alkanes of at least 4 members (excludes halogenated alkanes) is 9. The van der Waals surface area contributed by atoms with E-state index in [4.69, 9.17) is 14.2 Å². The zero-order valence-corrected chi connectivity index (χ0v) is 16.2. The van der Waals surface area contributed by atoms with Crippen molar-refractivity contribution < 1.29 is 23.8 Å². The average molecular weight is 366 g/mol. The van der Waals surface area contributed by atoms with E-state index < -0.39 is 29.4 Å². The van der Waals surface area contributed by atoms with Gasteiger partial charge in [-0.2, -0.15) is 0 Å². The topological polar surface area (TPSA) is 61.8 Å². The van der Waals surface area contributed by atoms with E-state index in [0.717, 1.165) is 19.3 Å². The molecular formula is C21H34O5. The summed E-state index contributed by atoms with van der Waals surface area (Å²) in [4.78, 5) is 23.8. The fourth-order valence-electron chi connectivity index (χ4n) is 4.84. The number of fused-ring (bicyclic) bond motifs is 5. The molecule has 0 aliphatic carbocycles. The highest BCUT2D eigenvalue weighted by atomic mass is 16.6. The standard InChI is InChI=1S/C21H34O5/c1-2-3-4-5-6-7-8-9-10-11-14-24-15-21-13-12-16(26-21)17-18(21)20(23)25-19(17)22/h16-18H,2-15H2,1H3/t16-,17?,18?,21-/m1/s1. The molecule has 148 valence electrons. The second kappa shape index (κ2) is 9.32. The van der Waals surface area contributed by atoms with Gasteiger partial charge in [-0.3, -0.25) is 9.59 Å². The first-order chi connectivity index (χ1) is 12.7. The molecular weight excluding hydrogens is 332 g/mol. The van der Waals surface area contributed by atoms with E-state index in [1.807, 2.05) is 0 Å². The summed E-state index contributed by atoms with van der Waals surface area (Å²) in [5.74, 6) is -1.65. The summed E-state index contributed by atoms with van der Waals surface area (Å²) < 4.78 is 16.7. The summed E-state index contributed by atoms with van der Waals surface area (Å²) in [6.45, 7) is 3.36. The maximum atomic E-state index is 12.0. The number of ether oxygens (including phenoxy) is 3. The van der Waals surface area contributed by atoms with E-state index in [9.17, 15) is 9.59 Å². The lowest BCUT2D eigenvalue weighted by atomic mass is 9.73. The van der Waals surface area contributed by atoms with Gasteiger partial charge in [0.15, 0.2) is 0 Å². The van der Waals surface area contributed by atoms with Crippen LogP contribution in [0.25, 0.3) is 0 Å². The molecule has 3 fully saturated rings. The van der Waals surface area contributed by atoms with Gasteiger partial charge in [0.25, 0.3) is 0 Å². The molecule has 4 atom stereocenters. The zero-order valence-electron chi connectivity index (χ0n) is 16.2. The van der Waals surface area contributed by atoms with E-state index in [-0.39, 0.29) is 6.10 Å². The van der Waals surface area contributed by atoms with Crippen LogP contribution in [0.2, 0.25) is 0 Å². The molecule has 0 amide bonds. The molecule has 3 rings (SSSR count). The Hall–Kier alpha value is -0.940. The largest absolute Gasteiger partial charge is 0.393 e. The molecule has 3 saturated heterocycles. The maximum absolute atomic E-state index is 12.0. The highest BCUT2D eigenvalue weighted by Crippen LogP contribution is 2.54. The Morgan fingerprint density at radius 2 is 1.62 bits per heavy atom. The number of cyclic esters (lactones) is 2. The monoisotopic (exact) mass is 366 g/mol. The second-order valence-corrected chi connectivity index (χ2v) is 8.24. The first-order valence-electron chi connectivity index (χ1n) is 10.7. The maximum Gasteiger partial charge on any atom is 0.320 e. The van der Waals surface area contributed by atoms with E-state index in [1.165, 1.54) is 57.8 Å². The highest BCUT2D eigenvalue weighted by Gasteiger charge is 2.69. The van der Waals surface area contributed by atoms with Crippen molar-refractivity contribution in [1.29, 1.82) is 0 Å². The Kier molecular flexibility index (Phi) is 7.10.